The predicted octanol–water partition coefficient (Wildman–Crippen LogP) is 2.35. The van der Waals surface area contributed by atoms with Crippen molar-refractivity contribution in [3.8, 4) is 0 Å². The van der Waals surface area contributed by atoms with Crippen LogP contribution in [0.3, 0.4) is 0 Å². The van der Waals surface area contributed by atoms with Crippen LogP contribution in [0.15, 0.2) is 0 Å². The lowest BCUT2D eigenvalue weighted by Crippen LogP contribution is -2.40. The van der Waals surface area contributed by atoms with Gasteiger partial charge in [0.05, 0.1) is 17.8 Å². The number of methoxy groups -OCH3 is 1. The Bertz CT molecular complexity index is 464. The van der Waals surface area contributed by atoms with E-state index in [4.69, 9.17) is 10.5 Å². The van der Waals surface area contributed by atoms with E-state index >= 15 is 0 Å². The number of thiazole rings is 1. The summed E-state index contributed by atoms with van der Waals surface area (Å²) in [6.45, 7) is 2.44. The maximum Gasteiger partial charge on any atom is 0.347 e. The Labute approximate surface area is 116 Å². The summed E-state index contributed by atoms with van der Waals surface area (Å²) in [6.07, 6.45) is 3.87. The number of aromatic nitrogens is 1. The van der Waals surface area contributed by atoms with Crippen molar-refractivity contribution < 1.29 is 14.6 Å². The zero-order chi connectivity index (χ0) is 14.0. The minimum absolute atomic E-state index is 0.213. The SMILES string of the molecule is COCc1nc(C2(N)CCC(C)CC2)sc1C(=O)O. The third-order valence-corrected chi connectivity index (χ3v) is 5.07. The number of carbonyl (C=O) groups is 1. The molecule has 0 saturated heterocycles. The Hall–Kier alpha value is -0.980. The van der Waals surface area contributed by atoms with E-state index in [2.05, 4.69) is 11.9 Å². The molecule has 5 nitrogen and oxygen atoms in total. The molecule has 106 valence electrons. The molecule has 1 aromatic heterocycles. The highest BCUT2D eigenvalue weighted by molar-refractivity contribution is 7.13. The van der Waals surface area contributed by atoms with Crippen molar-refractivity contribution in [2.45, 2.75) is 44.8 Å². The molecule has 1 aromatic rings. The van der Waals surface area contributed by atoms with Gasteiger partial charge in [0.25, 0.3) is 0 Å². The quantitative estimate of drug-likeness (QED) is 0.886. The zero-order valence-corrected chi connectivity index (χ0v) is 12.1. The molecule has 0 amide bonds. The molecule has 1 aliphatic rings. The molecular weight excluding hydrogens is 264 g/mol. The predicted molar refractivity (Wildman–Crippen MR) is 73.3 cm³/mol. The van der Waals surface area contributed by atoms with Gasteiger partial charge < -0.3 is 15.6 Å². The molecule has 0 bridgehead atoms. The molecule has 2 rings (SSSR count). The first kappa shape index (κ1) is 14.4. The molecule has 1 fully saturated rings. The highest BCUT2D eigenvalue weighted by Gasteiger charge is 2.36. The first-order valence-electron chi connectivity index (χ1n) is 6.47. The average Bonchev–Trinajstić information content (AvgIpc) is 2.79. The van der Waals surface area contributed by atoms with Crippen LogP contribution in [0.5, 0.6) is 0 Å². The smallest absolute Gasteiger partial charge is 0.347 e. The molecule has 1 heterocycles. The van der Waals surface area contributed by atoms with Gasteiger partial charge >= 0.3 is 5.97 Å². The maximum absolute atomic E-state index is 11.2. The lowest BCUT2D eigenvalue weighted by Gasteiger charge is -2.34. The topological polar surface area (TPSA) is 85.4 Å². The highest BCUT2D eigenvalue weighted by atomic mass is 32.1. The first-order chi connectivity index (χ1) is 8.96. The monoisotopic (exact) mass is 284 g/mol. The van der Waals surface area contributed by atoms with E-state index in [1.165, 1.54) is 18.4 Å². The molecule has 19 heavy (non-hydrogen) atoms. The summed E-state index contributed by atoms with van der Waals surface area (Å²) >= 11 is 1.20. The molecule has 0 aromatic carbocycles. The second-order valence-electron chi connectivity index (χ2n) is 5.37. The van der Waals surface area contributed by atoms with Crippen molar-refractivity contribution in [1.29, 1.82) is 0 Å². The second kappa shape index (κ2) is 5.56. The van der Waals surface area contributed by atoms with E-state index in [0.717, 1.165) is 30.7 Å². The lowest BCUT2D eigenvalue weighted by molar-refractivity contribution is 0.0697. The Morgan fingerprint density at radius 2 is 2.21 bits per heavy atom. The summed E-state index contributed by atoms with van der Waals surface area (Å²) in [5, 5.41) is 9.94. The fourth-order valence-corrected chi connectivity index (χ4v) is 3.52. The standard InChI is InChI=1S/C13H20N2O3S/c1-8-3-5-13(14,6-4-8)12-15-9(7-18-2)10(19-12)11(16)17/h8H,3-7,14H2,1-2H3,(H,16,17). The molecular formula is C13H20N2O3S. The third kappa shape index (κ3) is 2.96. The minimum atomic E-state index is -0.955. The lowest BCUT2D eigenvalue weighted by atomic mass is 9.78. The van der Waals surface area contributed by atoms with E-state index in [0.29, 0.717) is 11.6 Å². The molecule has 0 atom stereocenters. The van der Waals surface area contributed by atoms with E-state index in [1.54, 1.807) is 0 Å². The summed E-state index contributed by atoms with van der Waals surface area (Å²) in [7, 11) is 1.53. The number of nitrogens with two attached hydrogens (primary N) is 1. The third-order valence-electron chi connectivity index (χ3n) is 3.77. The van der Waals surface area contributed by atoms with E-state index in [-0.39, 0.29) is 11.5 Å². The zero-order valence-electron chi connectivity index (χ0n) is 11.3. The highest BCUT2D eigenvalue weighted by Crippen LogP contribution is 2.39. The van der Waals surface area contributed by atoms with E-state index < -0.39 is 11.5 Å². The number of hydrogen-bond donors (Lipinski definition) is 2. The summed E-state index contributed by atoms with van der Waals surface area (Å²) in [6, 6.07) is 0. The fraction of sp³-hybridized carbons (Fsp3) is 0.692. The Balaban J connectivity index is 2.29. The van der Waals surface area contributed by atoms with Crippen LogP contribution >= 0.6 is 11.3 Å². The summed E-state index contributed by atoms with van der Waals surface area (Å²) in [5.74, 6) is -0.266. The van der Waals surface area contributed by atoms with Crippen molar-refractivity contribution in [2.75, 3.05) is 7.11 Å². The van der Waals surface area contributed by atoms with Gasteiger partial charge in [-0.3, -0.25) is 0 Å². The number of aromatic carboxylic acids is 1. The van der Waals surface area contributed by atoms with E-state index in [1.807, 2.05) is 0 Å². The summed E-state index contributed by atoms with van der Waals surface area (Å²) in [4.78, 5) is 15.9. The van der Waals surface area contributed by atoms with Gasteiger partial charge in [0.1, 0.15) is 9.88 Å². The van der Waals surface area contributed by atoms with Crippen molar-refractivity contribution in [1.82, 2.24) is 4.98 Å². The van der Waals surface area contributed by atoms with Gasteiger partial charge in [-0.05, 0) is 31.6 Å². The Morgan fingerprint density at radius 3 is 2.74 bits per heavy atom. The summed E-state index contributed by atoms with van der Waals surface area (Å²) in [5.41, 5.74) is 6.46. The normalized spacial score (nSPS) is 27.4. The van der Waals surface area contributed by atoms with E-state index in [9.17, 15) is 9.90 Å². The molecule has 0 radical (unpaired) electrons. The van der Waals surface area contributed by atoms with Crippen molar-refractivity contribution in [3.05, 3.63) is 15.6 Å². The number of nitrogens with zero attached hydrogens (tertiary/aromatic N) is 1. The number of hydrogen-bond acceptors (Lipinski definition) is 5. The molecule has 1 aliphatic carbocycles. The molecule has 0 aliphatic heterocycles. The van der Waals surface area contributed by atoms with Crippen LogP contribution in [-0.2, 0) is 16.9 Å². The van der Waals surface area contributed by atoms with Crippen LogP contribution in [0.2, 0.25) is 0 Å². The number of ether oxygens (including phenoxy) is 1. The molecule has 0 spiro atoms. The van der Waals surface area contributed by atoms with Crippen LogP contribution in [0, 0.1) is 5.92 Å². The van der Waals surface area contributed by atoms with Crippen molar-refractivity contribution >= 4 is 17.3 Å². The fourth-order valence-electron chi connectivity index (χ4n) is 2.46. The van der Waals surface area contributed by atoms with Gasteiger partial charge in [-0.15, -0.1) is 11.3 Å². The molecule has 6 heteroatoms. The number of carboxylic acid groups (broad SMARTS) is 1. The van der Waals surface area contributed by atoms with Crippen LogP contribution in [-0.4, -0.2) is 23.2 Å². The largest absolute Gasteiger partial charge is 0.477 e. The molecule has 0 unspecified atom stereocenters. The van der Waals surface area contributed by atoms with Crippen molar-refractivity contribution in [2.24, 2.45) is 11.7 Å². The maximum atomic E-state index is 11.2. The second-order valence-corrected chi connectivity index (χ2v) is 6.37. The molecule has 3 N–H and O–H groups in total. The molecule has 1 saturated carbocycles. The van der Waals surface area contributed by atoms with Gasteiger partial charge in [-0.1, -0.05) is 6.92 Å². The van der Waals surface area contributed by atoms with Crippen molar-refractivity contribution in [3.63, 3.8) is 0 Å². The van der Waals surface area contributed by atoms with Gasteiger partial charge in [0, 0.05) is 7.11 Å². The van der Waals surface area contributed by atoms with Crippen LogP contribution in [0.1, 0.15) is 53.0 Å². The summed E-state index contributed by atoms with van der Waals surface area (Å²) < 4.78 is 5.01. The van der Waals surface area contributed by atoms with Crippen LogP contribution < -0.4 is 5.73 Å². The number of carboxylic acids is 1. The van der Waals surface area contributed by atoms with Gasteiger partial charge in [0.15, 0.2) is 0 Å². The average molecular weight is 284 g/mol. The van der Waals surface area contributed by atoms with Crippen LogP contribution in [0.25, 0.3) is 0 Å². The first-order valence-corrected chi connectivity index (χ1v) is 7.29. The number of rotatable bonds is 4. The van der Waals surface area contributed by atoms with Crippen LogP contribution in [0.4, 0.5) is 0 Å². The Morgan fingerprint density at radius 1 is 1.58 bits per heavy atom. The van der Waals surface area contributed by atoms with Gasteiger partial charge in [-0.2, -0.15) is 0 Å². The minimum Gasteiger partial charge on any atom is -0.477 e. The Kier molecular flexibility index (Phi) is 4.23. The van der Waals surface area contributed by atoms with Gasteiger partial charge in [-0.25, -0.2) is 9.78 Å². The van der Waals surface area contributed by atoms with Gasteiger partial charge in [0.2, 0.25) is 0 Å².